The number of rotatable bonds is 4. The van der Waals surface area contributed by atoms with Gasteiger partial charge in [0, 0.05) is 42.8 Å². The van der Waals surface area contributed by atoms with Crippen LogP contribution in [0.1, 0.15) is 22.2 Å². The Hall–Kier alpha value is -6.95. The van der Waals surface area contributed by atoms with Gasteiger partial charge in [-0.25, -0.2) is 0 Å². The highest BCUT2D eigenvalue weighted by Crippen LogP contribution is 2.47. The van der Waals surface area contributed by atoms with Crippen molar-refractivity contribution in [2.24, 2.45) is 4.99 Å². The van der Waals surface area contributed by atoms with E-state index in [0.717, 1.165) is 61.2 Å². The fourth-order valence-electron chi connectivity index (χ4n) is 8.88. The minimum absolute atomic E-state index is 0.318. The molecular weight excluding hydrogens is 691 g/mol. The Balaban J connectivity index is 1.12. The van der Waals surface area contributed by atoms with E-state index in [1.165, 1.54) is 47.6 Å². The van der Waals surface area contributed by atoms with Crippen LogP contribution in [0.3, 0.4) is 0 Å². The van der Waals surface area contributed by atoms with Crippen molar-refractivity contribution in [3.63, 3.8) is 0 Å². The number of para-hydroxylation sites is 2. The van der Waals surface area contributed by atoms with Gasteiger partial charge in [0.2, 0.25) is 0 Å². The van der Waals surface area contributed by atoms with Gasteiger partial charge in [0.1, 0.15) is 11.7 Å². The van der Waals surface area contributed by atoms with Gasteiger partial charge >= 0.3 is 0 Å². The van der Waals surface area contributed by atoms with Crippen LogP contribution in [0.25, 0.3) is 81.4 Å². The first-order chi connectivity index (χ1) is 27.3. The number of anilines is 1. The average molecular weight is 722 g/mol. The summed E-state index contributed by atoms with van der Waals surface area (Å²) >= 11 is 1.80. The third-order valence-corrected chi connectivity index (χ3v) is 12.4. The molecule has 0 saturated heterocycles. The predicted octanol–water partition coefficient (Wildman–Crippen LogP) is 13.7. The van der Waals surface area contributed by atoms with Crippen molar-refractivity contribution >= 4 is 87.3 Å². The zero-order chi connectivity index (χ0) is 36.0. The molecule has 1 atom stereocenters. The molecule has 0 saturated carbocycles. The maximum atomic E-state index is 6.98. The van der Waals surface area contributed by atoms with Gasteiger partial charge in [-0.15, -0.1) is 11.3 Å². The first-order valence-electron chi connectivity index (χ1n) is 18.7. The van der Waals surface area contributed by atoms with Gasteiger partial charge in [-0.1, -0.05) is 146 Å². The number of thiophene rings is 1. The van der Waals surface area contributed by atoms with E-state index in [1.54, 1.807) is 11.3 Å². The van der Waals surface area contributed by atoms with Gasteiger partial charge in [-0.05, 0) is 52.2 Å². The van der Waals surface area contributed by atoms with Crippen LogP contribution in [0.15, 0.2) is 185 Å². The van der Waals surface area contributed by atoms with Gasteiger partial charge in [0.25, 0.3) is 0 Å². The Morgan fingerprint density at radius 1 is 0.564 bits per heavy atom. The monoisotopic (exact) mass is 721 g/mol. The van der Waals surface area contributed by atoms with Crippen LogP contribution >= 0.6 is 11.3 Å². The lowest BCUT2D eigenvalue weighted by atomic mass is 9.93. The molecule has 1 aliphatic rings. The van der Waals surface area contributed by atoms with E-state index in [9.17, 15) is 0 Å². The van der Waals surface area contributed by atoms with E-state index in [-0.39, 0.29) is 6.17 Å². The fourth-order valence-corrected chi connectivity index (χ4v) is 10.1. The first kappa shape index (κ1) is 30.5. The molecule has 8 aromatic carbocycles. The highest BCUT2D eigenvalue weighted by atomic mass is 32.1. The van der Waals surface area contributed by atoms with Crippen molar-refractivity contribution in [1.29, 1.82) is 0 Å². The van der Waals surface area contributed by atoms with Gasteiger partial charge in [0.05, 0.1) is 33.0 Å². The van der Waals surface area contributed by atoms with Crippen LogP contribution in [0.2, 0.25) is 0 Å². The van der Waals surface area contributed by atoms with Crippen molar-refractivity contribution in [3.05, 3.63) is 192 Å². The van der Waals surface area contributed by atoms with Crippen LogP contribution in [-0.2, 0) is 0 Å². The van der Waals surface area contributed by atoms with Gasteiger partial charge in [0.15, 0.2) is 5.58 Å². The lowest BCUT2D eigenvalue weighted by Crippen LogP contribution is -2.19. The minimum atomic E-state index is -0.318. The van der Waals surface area contributed by atoms with Crippen LogP contribution in [0, 0.1) is 0 Å². The van der Waals surface area contributed by atoms with Gasteiger partial charge < -0.3 is 14.3 Å². The van der Waals surface area contributed by atoms with Gasteiger partial charge in [-0.2, -0.15) is 0 Å². The zero-order valence-corrected chi connectivity index (χ0v) is 30.3. The Labute approximate surface area is 320 Å². The SMILES string of the molecule is c1ccc(C2=NC(c3cccc4oc5c(-n6c7ccccc7c7c(-c8ccccc8)c8ccccc8cc76)cccc5c34)Nc3c2sc2ccccc32)cc1. The summed E-state index contributed by atoms with van der Waals surface area (Å²) in [5.41, 5.74) is 11.8. The molecular formula is C50H31N3OS. The minimum Gasteiger partial charge on any atom is -0.454 e. The maximum Gasteiger partial charge on any atom is 0.159 e. The largest absolute Gasteiger partial charge is 0.454 e. The number of benzene rings is 8. The number of aromatic nitrogens is 1. The molecule has 0 amide bonds. The second-order valence-electron chi connectivity index (χ2n) is 14.3. The second kappa shape index (κ2) is 11.8. The molecule has 5 heteroatoms. The number of nitrogens with one attached hydrogen (secondary N) is 1. The molecule has 11 aromatic rings. The molecule has 0 radical (unpaired) electrons. The summed E-state index contributed by atoms with van der Waals surface area (Å²) < 4.78 is 10.6. The number of nitrogens with zero attached hydrogens (tertiary/aromatic N) is 2. The highest BCUT2D eigenvalue weighted by Gasteiger charge is 2.29. The number of fused-ring (bicyclic) bond motifs is 10. The zero-order valence-electron chi connectivity index (χ0n) is 29.5. The van der Waals surface area contributed by atoms with Crippen molar-refractivity contribution in [1.82, 2.24) is 4.57 Å². The molecule has 12 rings (SSSR count). The summed E-state index contributed by atoms with van der Waals surface area (Å²) in [6, 6.07) is 62.8. The summed E-state index contributed by atoms with van der Waals surface area (Å²) in [6.07, 6.45) is -0.318. The Morgan fingerprint density at radius 3 is 2.11 bits per heavy atom. The van der Waals surface area contributed by atoms with Crippen molar-refractivity contribution < 1.29 is 4.42 Å². The van der Waals surface area contributed by atoms with E-state index in [0.29, 0.717) is 0 Å². The van der Waals surface area contributed by atoms with Crippen molar-refractivity contribution in [2.45, 2.75) is 6.17 Å². The summed E-state index contributed by atoms with van der Waals surface area (Å²) in [7, 11) is 0. The smallest absolute Gasteiger partial charge is 0.159 e. The summed E-state index contributed by atoms with van der Waals surface area (Å²) in [4.78, 5) is 6.66. The van der Waals surface area contributed by atoms with E-state index in [2.05, 4.69) is 186 Å². The Kier molecular flexibility index (Phi) is 6.53. The van der Waals surface area contributed by atoms with Crippen LogP contribution in [0.5, 0.6) is 0 Å². The number of hydrogen-bond donors (Lipinski definition) is 1. The predicted molar refractivity (Wildman–Crippen MR) is 231 cm³/mol. The van der Waals surface area contributed by atoms with Crippen molar-refractivity contribution in [2.75, 3.05) is 5.32 Å². The standard InChI is InChI=1S/C50H31N3OS/c1-3-15-30(16-4-1)43-33-20-8-7-19-32(33)29-40-45(43)34-21-9-11-25-38(34)53(40)39-26-13-23-36-44-37(24-14-27-41(44)54-48(36)39)50-51-46(31-17-5-2-6-18-31)49-47(52-50)35-22-10-12-28-42(35)55-49/h1-29,50,52H. The topological polar surface area (TPSA) is 42.5 Å². The van der Waals surface area contributed by atoms with Crippen LogP contribution < -0.4 is 5.32 Å². The molecule has 0 bridgehead atoms. The summed E-state index contributed by atoms with van der Waals surface area (Å²) in [5, 5.41) is 12.1. The molecule has 0 aliphatic carbocycles. The average Bonchev–Trinajstić information content (AvgIpc) is 3.93. The molecule has 4 heterocycles. The summed E-state index contributed by atoms with van der Waals surface area (Å²) in [5.74, 6) is 0. The normalized spacial score (nSPS) is 14.3. The Morgan fingerprint density at radius 2 is 1.25 bits per heavy atom. The summed E-state index contributed by atoms with van der Waals surface area (Å²) in [6.45, 7) is 0. The van der Waals surface area contributed by atoms with E-state index in [1.807, 2.05) is 0 Å². The number of hydrogen-bond acceptors (Lipinski definition) is 4. The van der Waals surface area contributed by atoms with E-state index in [4.69, 9.17) is 9.41 Å². The van der Waals surface area contributed by atoms with E-state index >= 15 is 0 Å². The molecule has 1 N–H and O–H groups in total. The van der Waals surface area contributed by atoms with Crippen LogP contribution in [0.4, 0.5) is 5.69 Å². The fraction of sp³-hybridized carbons (Fsp3) is 0.0200. The lowest BCUT2D eigenvalue weighted by molar-refractivity contribution is 0.665. The Bertz CT molecular complexity index is 3350. The van der Waals surface area contributed by atoms with Crippen LogP contribution in [-0.4, -0.2) is 10.3 Å². The lowest BCUT2D eigenvalue weighted by Gasteiger charge is -2.25. The first-order valence-corrected chi connectivity index (χ1v) is 19.5. The van der Waals surface area contributed by atoms with Gasteiger partial charge in [-0.3, -0.25) is 4.99 Å². The van der Waals surface area contributed by atoms with E-state index < -0.39 is 0 Å². The molecule has 55 heavy (non-hydrogen) atoms. The molecule has 0 spiro atoms. The number of aliphatic imine (C=N–C) groups is 1. The molecule has 258 valence electrons. The third kappa shape index (κ3) is 4.48. The quantitative estimate of drug-likeness (QED) is 0.197. The third-order valence-electron chi connectivity index (χ3n) is 11.2. The molecule has 3 aromatic heterocycles. The maximum absolute atomic E-state index is 6.98. The van der Waals surface area contributed by atoms with Crippen molar-refractivity contribution in [3.8, 4) is 16.8 Å². The molecule has 1 unspecified atom stereocenters. The second-order valence-corrected chi connectivity index (χ2v) is 15.3. The highest BCUT2D eigenvalue weighted by molar-refractivity contribution is 7.22. The molecule has 0 fully saturated rings. The number of furan rings is 1. The molecule has 4 nitrogen and oxygen atoms in total. The molecule has 1 aliphatic heterocycles.